The van der Waals surface area contributed by atoms with E-state index in [1.807, 2.05) is 22.2 Å². The molecule has 0 aromatic rings. The molecule has 100 valence electrons. The van der Waals surface area contributed by atoms with Crippen molar-refractivity contribution in [3.8, 4) is 0 Å². The van der Waals surface area contributed by atoms with Crippen molar-refractivity contribution in [2.24, 2.45) is 0 Å². The van der Waals surface area contributed by atoms with Gasteiger partial charge in [-0.3, -0.25) is 0 Å². The summed E-state index contributed by atoms with van der Waals surface area (Å²) in [6.45, 7) is 5.56. The summed E-state index contributed by atoms with van der Waals surface area (Å²) in [5.74, 6) is -0.741. The van der Waals surface area contributed by atoms with Crippen LogP contribution in [0, 0.1) is 0 Å². The van der Waals surface area contributed by atoms with Crippen LogP contribution in [0.15, 0.2) is 12.4 Å². The van der Waals surface area contributed by atoms with E-state index in [1.165, 1.54) is 0 Å². The third kappa shape index (κ3) is 2.14. The average Bonchev–Trinajstić information content (AvgIpc) is 2.39. The first-order valence-electron chi connectivity index (χ1n) is 6.22. The molecule has 1 saturated heterocycles. The molecule has 0 N–H and O–H groups in total. The summed E-state index contributed by atoms with van der Waals surface area (Å²) in [5, 5.41) is 0. The van der Waals surface area contributed by atoms with E-state index >= 15 is 0 Å². The summed E-state index contributed by atoms with van der Waals surface area (Å²) in [5.41, 5.74) is 0. The lowest BCUT2D eigenvalue weighted by molar-refractivity contribution is -0.165. The van der Waals surface area contributed by atoms with Crippen molar-refractivity contribution < 1.29 is 19.1 Å². The summed E-state index contributed by atoms with van der Waals surface area (Å²) < 4.78 is 10.1. The smallest absolute Gasteiger partial charge is 0.331 e. The lowest BCUT2D eigenvalue weighted by atomic mass is 10.00. The number of hydrogen-bond acceptors (Lipinski definition) is 6. The molecule has 18 heavy (non-hydrogen) atoms. The van der Waals surface area contributed by atoms with Gasteiger partial charge in [-0.25, -0.2) is 9.59 Å². The fraction of sp³-hybridized carbons (Fsp3) is 0.667. The second-order valence-electron chi connectivity index (χ2n) is 4.17. The Labute approximate surface area is 106 Å². The maximum Gasteiger partial charge on any atom is 0.331 e. The van der Waals surface area contributed by atoms with Crippen LogP contribution in [-0.2, 0) is 19.1 Å². The number of hydrogen-bond donors (Lipinski definition) is 0. The molecule has 3 aliphatic heterocycles. The molecule has 0 aliphatic carbocycles. The van der Waals surface area contributed by atoms with E-state index in [4.69, 9.17) is 9.47 Å². The monoisotopic (exact) mass is 254 g/mol. The molecule has 2 bridgehead atoms. The minimum Gasteiger partial charge on any atom is -0.464 e. The number of piperazine rings is 1. The van der Waals surface area contributed by atoms with Crippen molar-refractivity contribution in [2.45, 2.75) is 25.9 Å². The molecule has 1 fully saturated rings. The number of carbonyl (C=O) groups is 2. The van der Waals surface area contributed by atoms with Crippen LogP contribution in [0.4, 0.5) is 0 Å². The van der Waals surface area contributed by atoms with Crippen molar-refractivity contribution in [3.05, 3.63) is 12.4 Å². The third-order valence-corrected chi connectivity index (χ3v) is 3.14. The lowest BCUT2D eigenvalue weighted by Crippen LogP contribution is -2.65. The van der Waals surface area contributed by atoms with Gasteiger partial charge in [-0.2, -0.15) is 0 Å². The Morgan fingerprint density at radius 1 is 1.00 bits per heavy atom. The van der Waals surface area contributed by atoms with Gasteiger partial charge in [0.25, 0.3) is 0 Å². The van der Waals surface area contributed by atoms with E-state index in [1.54, 1.807) is 13.8 Å². The second-order valence-corrected chi connectivity index (χ2v) is 4.17. The Morgan fingerprint density at radius 3 is 1.67 bits per heavy atom. The van der Waals surface area contributed by atoms with Crippen LogP contribution in [-0.4, -0.2) is 60.1 Å². The molecule has 0 saturated carbocycles. The SMILES string of the molecule is CCOC(=O)C1C(C(=O)OCC)N2C=CN1CC2. The zero-order chi connectivity index (χ0) is 13.1. The highest BCUT2D eigenvalue weighted by molar-refractivity contribution is 5.88. The molecular formula is C12H18N2O4. The molecule has 3 aliphatic rings. The van der Waals surface area contributed by atoms with Crippen LogP contribution in [0.3, 0.4) is 0 Å². The number of rotatable bonds is 4. The van der Waals surface area contributed by atoms with E-state index in [0.717, 1.165) is 13.1 Å². The highest BCUT2D eigenvalue weighted by Gasteiger charge is 2.47. The average molecular weight is 254 g/mol. The first-order chi connectivity index (χ1) is 8.69. The van der Waals surface area contributed by atoms with Gasteiger partial charge in [0.05, 0.1) is 13.2 Å². The van der Waals surface area contributed by atoms with Crippen LogP contribution >= 0.6 is 0 Å². The first-order valence-corrected chi connectivity index (χ1v) is 6.22. The van der Waals surface area contributed by atoms with E-state index < -0.39 is 12.1 Å². The maximum atomic E-state index is 12.0. The Morgan fingerprint density at radius 2 is 1.39 bits per heavy atom. The molecular weight excluding hydrogens is 236 g/mol. The van der Waals surface area contributed by atoms with Crippen LogP contribution in [0.2, 0.25) is 0 Å². The van der Waals surface area contributed by atoms with Crippen LogP contribution < -0.4 is 0 Å². The number of ether oxygens (including phenoxy) is 2. The largest absolute Gasteiger partial charge is 0.464 e. The number of fused-ring (bicyclic) bond motifs is 2. The van der Waals surface area contributed by atoms with Crippen LogP contribution in [0.5, 0.6) is 0 Å². The Hall–Kier alpha value is -1.72. The van der Waals surface area contributed by atoms with Gasteiger partial charge in [-0.15, -0.1) is 0 Å². The molecule has 0 radical (unpaired) electrons. The van der Waals surface area contributed by atoms with Gasteiger partial charge < -0.3 is 19.3 Å². The highest BCUT2D eigenvalue weighted by atomic mass is 16.5. The molecule has 0 aromatic carbocycles. The molecule has 6 nitrogen and oxygen atoms in total. The normalized spacial score (nSPS) is 25.2. The van der Waals surface area contributed by atoms with E-state index in [2.05, 4.69) is 0 Å². The van der Waals surface area contributed by atoms with Gasteiger partial charge in [0.2, 0.25) is 0 Å². The highest BCUT2D eigenvalue weighted by Crippen LogP contribution is 2.25. The fourth-order valence-corrected chi connectivity index (χ4v) is 2.36. The number of carbonyl (C=O) groups excluding carboxylic acids is 2. The molecule has 2 atom stereocenters. The molecule has 0 aromatic heterocycles. The van der Waals surface area contributed by atoms with Crippen molar-refractivity contribution in [1.29, 1.82) is 0 Å². The summed E-state index contributed by atoms with van der Waals surface area (Å²) in [6.07, 6.45) is 3.64. The van der Waals surface area contributed by atoms with E-state index in [9.17, 15) is 9.59 Å². The zero-order valence-electron chi connectivity index (χ0n) is 10.7. The summed E-state index contributed by atoms with van der Waals surface area (Å²) in [4.78, 5) is 27.6. The topological polar surface area (TPSA) is 59.1 Å². The summed E-state index contributed by atoms with van der Waals surface area (Å²) in [7, 11) is 0. The van der Waals surface area contributed by atoms with Crippen LogP contribution in [0.25, 0.3) is 0 Å². The molecule has 3 heterocycles. The van der Waals surface area contributed by atoms with Crippen LogP contribution in [0.1, 0.15) is 13.8 Å². The lowest BCUT2D eigenvalue weighted by Gasteiger charge is -2.47. The molecule has 2 unspecified atom stereocenters. The van der Waals surface area contributed by atoms with Gasteiger partial charge in [-0.1, -0.05) is 0 Å². The maximum absolute atomic E-state index is 12.0. The van der Waals surface area contributed by atoms with Gasteiger partial charge in [0, 0.05) is 25.5 Å². The number of esters is 2. The minimum absolute atomic E-state index is 0.308. The first kappa shape index (κ1) is 12.7. The quantitative estimate of drug-likeness (QED) is 0.656. The van der Waals surface area contributed by atoms with Crippen molar-refractivity contribution in [2.75, 3.05) is 26.3 Å². The molecule has 3 rings (SSSR count). The summed E-state index contributed by atoms with van der Waals surface area (Å²) >= 11 is 0. The Balaban J connectivity index is 2.20. The third-order valence-electron chi connectivity index (χ3n) is 3.14. The van der Waals surface area contributed by atoms with Gasteiger partial charge in [0.15, 0.2) is 12.1 Å². The standard InChI is InChI=1S/C12H18N2O4/c1-3-17-11(15)9-10(12(16)18-4-2)14-7-5-13(9)6-8-14/h5,7,9-10H,3-4,6,8H2,1-2H3. The van der Waals surface area contributed by atoms with Gasteiger partial charge in [0.1, 0.15) is 0 Å². The predicted octanol–water partition coefficient (Wildman–Crippen LogP) is -0.0478. The summed E-state index contributed by atoms with van der Waals surface area (Å²) in [6, 6.07) is -1.19. The van der Waals surface area contributed by atoms with Crippen molar-refractivity contribution in [1.82, 2.24) is 9.80 Å². The van der Waals surface area contributed by atoms with Gasteiger partial charge >= 0.3 is 11.9 Å². The molecule has 6 heteroatoms. The van der Waals surface area contributed by atoms with Crippen molar-refractivity contribution >= 4 is 11.9 Å². The second kappa shape index (κ2) is 5.29. The molecule has 0 amide bonds. The molecule has 0 spiro atoms. The predicted molar refractivity (Wildman–Crippen MR) is 63.4 cm³/mol. The number of nitrogens with zero attached hydrogens (tertiary/aromatic N) is 2. The van der Waals surface area contributed by atoms with E-state index in [-0.39, 0.29) is 11.9 Å². The van der Waals surface area contributed by atoms with Crippen molar-refractivity contribution in [3.63, 3.8) is 0 Å². The Kier molecular flexibility index (Phi) is 3.74. The zero-order valence-corrected chi connectivity index (χ0v) is 10.7. The fourth-order valence-electron chi connectivity index (χ4n) is 2.36. The minimum atomic E-state index is -0.595. The van der Waals surface area contributed by atoms with E-state index in [0.29, 0.717) is 13.2 Å². The van der Waals surface area contributed by atoms with Gasteiger partial charge in [-0.05, 0) is 13.8 Å². The Bertz CT molecular complexity index is 335.